The minimum absolute atomic E-state index is 0.264. The van der Waals surface area contributed by atoms with Gasteiger partial charge in [0.05, 0.1) is 4.75 Å². The van der Waals surface area contributed by atoms with Crippen molar-refractivity contribution in [1.82, 2.24) is 5.32 Å². The van der Waals surface area contributed by atoms with E-state index in [4.69, 9.17) is 23.2 Å². The van der Waals surface area contributed by atoms with Gasteiger partial charge in [-0.15, -0.1) is 0 Å². The first-order chi connectivity index (χ1) is 9.11. The standard InChI is InChI=1S/C14H21Cl2NO2S/c1-5-17-13(14(2,3)20(4,18)19)9-10-11(15)7-6-8-12(10)16/h6-8,13,17H,5,9H2,1-4H3. The van der Waals surface area contributed by atoms with Gasteiger partial charge in [0.15, 0.2) is 9.84 Å². The fourth-order valence-electron chi connectivity index (χ4n) is 2.00. The molecule has 0 aliphatic rings. The molecule has 0 spiro atoms. The summed E-state index contributed by atoms with van der Waals surface area (Å²) in [6.07, 6.45) is 1.72. The molecule has 3 nitrogen and oxygen atoms in total. The number of nitrogens with one attached hydrogen (secondary N) is 1. The maximum absolute atomic E-state index is 12.0. The molecular formula is C14H21Cl2NO2S. The molecular weight excluding hydrogens is 317 g/mol. The van der Waals surface area contributed by atoms with Crippen molar-refractivity contribution in [3.63, 3.8) is 0 Å². The smallest absolute Gasteiger partial charge is 0.154 e. The molecule has 1 N–H and O–H groups in total. The van der Waals surface area contributed by atoms with Crippen LogP contribution >= 0.6 is 23.2 Å². The van der Waals surface area contributed by atoms with Crippen molar-refractivity contribution in [2.24, 2.45) is 0 Å². The van der Waals surface area contributed by atoms with Crippen molar-refractivity contribution in [2.45, 2.75) is 38.0 Å². The number of halogens is 2. The lowest BCUT2D eigenvalue weighted by Crippen LogP contribution is -2.52. The highest BCUT2D eigenvalue weighted by molar-refractivity contribution is 7.92. The van der Waals surface area contributed by atoms with Gasteiger partial charge in [-0.25, -0.2) is 8.42 Å². The Kier molecular flexibility index (Phi) is 5.90. The van der Waals surface area contributed by atoms with Crippen LogP contribution in [0.1, 0.15) is 26.3 Å². The van der Waals surface area contributed by atoms with Gasteiger partial charge in [0.2, 0.25) is 0 Å². The Morgan fingerprint density at radius 1 is 1.25 bits per heavy atom. The molecule has 0 amide bonds. The molecule has 114 valence electrons. The second-order valence-electron chi connectivity index (χ2n) is 5.39. The van der Waals surface area contributed by atoms with Crippen LogP contribution in [0, 0.1) is 0 Å². The molecule has 0 heterocycles. The van der Waals surface area contributed by atoms with Crippen LogP contribution in [0.4, 0.5) is 0 Å². The number of rotatable bonds is 6. The van der Waals surface area contributed by atoms with E-state index in [1.807, 2.05) is 6.92 Å². The Bertz CT molecular complexity index is 550. The lowest BCUT2D eigenvalue weighted by molar-refractivity contribution is 0.413. The van der Waals surface area contributed by atoms with E-state index in [0.29, 0.717) is 23.0 Å². The molecule has 1 unspecified atom stereocenters. The highest BCUT2D eigenvalue weighted by Gasteiger charge is 2.39. The predicted molar refractivity (Wildman–Crippen MR) is 86.6 cm³/mol. The van der Waals surface area contributed by atoms with Crippen LogP contribution in [-0.4, -0.2) is 32.0 Å². The molecule has 1 aromatic rings. The molecule has 6 heteroatoms. The summed E-state index contributed by atoms with van der Waals surface area (Å²) in [5.41, 5.74) is 0.776. The van der Waals surface area contributed by atoms with Crippen molar-refractivity contribution in [3.05, 3.63) is 33.8 Å². The van der Waals surface area contributed by atoms with Crippen molar-refractivity contribution in [1.29, 1.82) is 0 Å². The summed E-state index contributed by atoms with van der Waals surface area (Å²) in [6.45, 7) is 6.06. The van der Waals surface area contributed by atoms with Crippen molar-refractivity contribution in [2.75, 3.05) is 12.8 Å². The number of benzene rings is 1. The topological polar surface area (TPSA) is 46.2 Å². The minimum atomic E-state index is -3.22. The van der Waals surface area contributed by atoms with Crippen LogP contribution in [0.3, 0.4) is 0 Å². The summed E-state index contributed by atoms with van der Waals surface area (Å²) in [7, 11) is -3.22. The maximum atomic E-state index is 12.0. The molecule has 0 aromatic heterocycles. The van der Waals surface area contributed by atoms with E-state index in [1.54, 1.807) is 32.0 Å². The fraction of sp³-hybridized carbons (Fsp3) is 0.571. The van der Waals surface area contributed by atoms with Gasteiger partial charge in [0.1, 0.15) is 0 Å². The molecule has 1 rings (SSSR count). The van der Waals surface area contributed by atoms with Gasteiger partial charge in [-0.05, 0) is 44.5 Å². The van der Waals surface area contributed by atoms with E-state index in [-0.39, 0.29) is 6.04 Å². The third-order valence-corrected chi connectivity index (χ3v) is 6.62. The Hall–Kier alpha value is -0.290. The average Bonchev–Trinajstić information content (AvgIpc) is 2.31. The molecule has 0 bridgehead atoms. The van der Waals surface area contributed by atoms with Crippen molar-refractivity contribution in [3.8, 4) is 0 Å². The van der Waals surface area contributed by atoms with Crippen LogP contribution in [-0.2, 0) is 16.3 Å². The highest BCUT2D eigenvalue weighted by atomic mass is 35.5. The molecule has 1 aromatic carbocycles. The molecule has 0 saturated carbocycles. The van der Waals surface area contributed by atoms with Gasteiger partial charge in [-0.1, -0.05) is 36.2 Å². The van der Waals surface area contributed by atoms with E-state index in [9.17, 15) is 8.42 Å². The zero-order valence-corrected chi connectivity index (χ0v) is 14.5. The molecule has 0 radical (unpaired) electrons. The molecule has 0 aliphatic heterocycles. The highest BCUT2D eigenvalue weighted by Crippen LogP contribution is 2.30. The molecule has 0 saturated heterocycles. The van der Waals surface area contributed by atoms with Gasteiger partial charge in [-0.2, -0.15) is 0 Å². The van der Waals surface area contributed by atoms with Crippen LogP contribution in [0.15, 0.2) is 18.2 Å². The lowest BCUT2D eigenvalue weighted by Gasteiger charge is -2.33. The second kappa shape index (κ2) is 6.65. The monoisotopic (exact) mass is 337 g/mol. The quantitative estimate of drug-likeness (QED) is 0.865. The van der Waals surface area contributed by atoms with Crippen LogP contribution in [0.2, 0.25) is 10.0 Å². The van der Waals surface area contributed by atoms with Gasteiger partial charge in [-0.3, -0.25) is 0 Å². The summed E-state index contributed by atoms with van der Waals surface area (Å²) in [5.74, 6) is 0. The Balaban J connectivity index is 3.17. The molecule has 0 fully saturated rings. The zero-order valence-electron chi connectivity index (χ0n) is 12.2. The Morgan fingerprint density at radius 3 is 2.15 bits per heavy atom. The van der Waals surface area contributed by atoms with Gasteiger partial charge in [0.25, 0.3) is 0 Å². The Labute approximate surface area is 131 Å². The normalized spacial score (nSPS) is 14.3. The number of hydrogen-bond acceptors (Lipinski definition) is 3. The van der Waals surface area contributed by atoms with Crippen LogP contribution in [0.25, 0.3) is 0 Å². The summed E-state index contributed by atoms with van der Waals surface area (Å²) in [6, 6.07) is 5.04. The van der Waals surface area contributed by atoms with E-state index in [1.165, 1.54) is 6.26 Å². The van der Waals surface area contributed by atoms with E-state index >= 15 is 0 Å². The van der Waals surface area contributed by atoms with Crippen LogP contribution in [0.5, 0.6) is 0 Å². The summed E-state index contributed by atoms with van der Waals surface area (Å²) >= 11 is 12.4. The first-order valence-electron chi connectivity index (χ1n) is 6.47. The summed E-state index contributed by atoms with van der Waals surface area (Å²) in [5, 5.41) is 4.36. The number of sulfone groups is 1. The molecule has 1 atom stereocenters. The number of likely N-dealkylation sites (N-methyl/N-ethyl adjacent to an activating group) is 1. The molecule has 20 heavy (non-hydrogen) atoms. The first kappa shape index (κ1) is 17.8. The van der Waals surface area contributed by atoms with E-state index in [2.05, 4.69) is 5.32 Å². The first-order valence-corrected chi connectivity index (χ1v) is 9.11. The van der Waals surface area contributed by atoms with Gasteiger partial charge in [0, 0.05) is 22.3 Å². The SMILES string of the molecule is CCNC(Cc1c(Cl)cccc1Cl)C(C)(C)S(C)(=O)=O. The molecule has 0 aliphatic carbocycles. The van der Waals surface area contributed by atoms with Crippen molar-refractivity contribution >= 4 is 33.0 Å². The largest absolute Gasteiger partial charge is 0.312 e. The third kappa shape index (κ3) is 3.88. The predicted octanol–water partition coefficient (Wildman–Crippen LogP) is 3.34. The maximum Gasteiger partial charge on any atom is 0.154 e. The van der Waals surface area contributed by atoms with Gasteiger partial charge < -0.3 is 5.32 Å². The summed E-state index contributed by atoms with van der Waals surface area (Å²) in [4.78, 5) is 0. The zero-order chi connectivity index (χ0) is 15.6. The Morgan fingerprint density at radius 2 is 1.75 bits per heavy atom. The second-order valence-corrected chi connectivity index (χ2v) is 8.80. The summed E-state index contributed by atoms with van der Waals surface area (Å²) < 4.78 is 23.1. The number of hydrogen-bond donors (Lipinski definition) is 1. The third-order valence-electron chi connectivity index (χ3n) is 3.72. The van der Waals surface area contributed by atoms with E-state index in [0.717, 1.165) is 5.56 Å². The average molecular weight is 338 g/mol. The van der Waals surface area contributed by atoms with E-state index < -0.39 is 14.6 Å². The fourth-order valence-corrected chi connectivity index (χ4v) is 3.24. The van der Waals surface area contributed by atoms with Crippen molar-refractivity contribution < 1.29 is 8.42 Å². The minimum Gasteiger partial charge on any atom is -0.312 e. The van der Waals surface area contributed by atoms with Gasteiger partial charge >= 0.3 is 0 Å². The lowest BCUT2D eigenvalue weighted by atomic mass is 9.95. The van der Waals surface area contributed by atoms with Crippen LogP contribution < -0.4 is 5.32 Å².